The fraction of sp³-hybridized carbons (Fsp3) is 0.250. The van der Waals surface area contributed by atoms with Crippen molar-refractivity contribution in [1.29, 1.82) is 0 Å². The molecule has 0 spiro atoms. The lowest BCUT2D eigenvalue weighted by Gasteiger charge is -2.21. The molecule has 0 fully saturated rings. The normalized spacial score (nSPS) is 13.4. The van der Waals surface area contributed by atoms with E-state index in [0.29, 0.717) is 0 Å². The van der Waals surface area contributed by atoms with Crippen molar-refractivity contribution in [3.63, 3.8) is 0 Å². The molecule has 2 aromatic rings. The predicted octanol–water partition coefficient (Wildman–Crippen LogP) is 3.76. The first kappa shape index (κ1) is 13.1. The van der Waals surface area contributed by atoms with Crippen LogP contribution in [0.15, 0.2) is 30.3 Å². The van der Waals surface area contributed by atoms with Crippen molar-refractivity contribution in [2.75, 3.05) is 17.7 Å². The van der Waals surface area contributed by atoms with Gasteiger partial charge in [-0.25, -0.2) is 0 Å². The lowest BCUT2D eigenvalue weighted by atomic mass is 10.1. The van der Waals surface area contributed by atoms with Crippen LogP contribution < -0.4 is 15.4 Å². The topological polar surface area (TPSA) is 38.5 Å². The van der Waals surface area contributed by atoms with Crippen LogP contribution in [0.2, 0.25) is 5.02 Å². The molecule has 2 N–H and O–H groups in total. The van der Waals surface area contributed by atoms with Crippen LogP contribution >= 0.6 is 11.6 Å². The number of fused-ring (bicyclic) bond motifs is 1. The molecule has 0 amide bonds. The highest BCUT2D eigenvalue weighted by Gasteiger charge is 2.22. The first-order valence-electron chi connectivity index (χ1n) is 6.55. The zero-order valence-electron chi connectivity index (χ0n) is 11.6. The van der Waals surface area contributed by atoms with Crippen molar-refractivity contribution >= 4 is 23.0 Å². The van der Waals surface area contributed by atoms with E-state index in [-0.39, 0.29) is 0 Å². The number of benzene rings is 2. The number of nitrogens with two attached hydrogens (primary N) is 1. The lowest BCUT2D eigenvalue weighted by Crippen LogP contribution is -2.15. The first-order chi connectivity index (χ1) is 9.58. The Morgan fingerprint density at radius 2 is 1.90 bits per heavy atom. The van der Waals surface area contributed by atoms with E-state index in [1.807, 2.05) is 25.1 Å². The third-order valence-electron chi connectivity index (χ3n) is 3.75. The van der Waals surface area contributed by atoms with Crippen molar-refractivity contribution in [3.05, 3.63) is 52.0 Å². The van der Waals surface area contributed by atoms with Gasteiger partial charge in [-0.2, -0.15) is 0 Å². The fourth-order valence-electron chi connectivity index (χ4n) is 2.64. The third-order valence-corrected chi connectivity index (χ3v) is 4.16. The van der Waals surface area contributed by atoms with E-state index in [9.17, 15) is 0 Å². The van der Waals surface area contributed by atoms with Crippen LogP contribution in [-0.4, -0.2) is 7.11 Å². The average Bonchev–Trinajstić information content (AvgIpc) is 2.84. The van der Waals surface area contributed by atoms with Crippen LogP contribution in [0, 0.1) is 6.92 Å². The van der Waals surface area contributed by atoms with E-state index in [2.05, 4.69) is 17.0 Å². The van der Waals surface area contributed by atoms with Crippen LogP contribution in [0.25, 0.3) is 0 Å². The molecule has 1 aliphatic heterocycles. The number of methoxy groups -OCH3 is 1. The van der Waals surface area contributed by atoms with Gasteiger partial charge in [0.05, 0.1) is 12.8 Å². The standard InChI is InChI=1S/C16H17ClN2O/c1-10-5-15(16(20-2)7-14(10)17)19-8-11-3-4-13(18)6-12(11)9-19/h3-7H,8-9,18H2,1-2H3. The summed E-state index contributed by atoms with van der Waals surface area (Å²) in [6.07, 6.45) is 0. The van der Waals surface area contributed by atoms with Crippen molar-refractivity contribution in [3.8, 4) is 5.75 Å². The molecule has 0 atom stereocenters. The second-order valence-electron chi connectivity index (χ2n) is 5.16. The minimum atomic E-state index is 0.728. The van der Waals surface area contributed by atoms with Crippen LogP contribution in [0.3, 0.4) is 0 Å². The summed E-state index contributed by atoms with van der Waals surface area (Å²) in [5.74, 6) is 0.807. The Balaban J connectivity index is 1.98. The van der Waals surface area contributed by atoms with Gasteiger partial charge in [0.2, 0.25) is 0 Å². The molecule has 1 heterocycles. The molecular weight excluding hydrogens is 272 g/mol. The molecule has 0 unspecified atom stereocenters. The molecule has 3 rings (SSSR count). The van der Waals surface area contributed by atoms with Crippen molar-refractivity contribution < 1.29 is 4.74 Å². The summed E-state index contributed by atoms with van der Waals surface area (Å²) in [6, 6.07) is 10.1. The highest BCUT2D eigenvalue weighted by Crippen LogP contribution is 2.38. The minimum Gasteiger partial charge on any atom is -0.495 e. The van der Waals surface area contributed by atoms with Gasteiger partial charge in [0.15, 0.2) is 0 Å². The summed E-state index contributed by atoms with van der Waals surface area (Å²) in [5.41, 5.74) is 11.4. The molecule has 4 heteroatoms. The maximum atomic E-state index is 6.17. The Morgan fingerprint density at radius 1 is 1.15 bits per heavy atom. The van der Waals surface area contributed by atoms with Crippen LogP contribution in [0.5, 0.6) is 5.75 Å². The number of aryl methyl sites for hydroxylation is 1. The Kier molecular flexibility index (Phi) is 3.22. The smallest absolute Gasteiger partial charge is 0.143 e. The number of nitrogens with zero attached hydrogens (tertiary/aromatic N) is 1. The minimum absolute atomic E-state index is 0.728. The van der Waals surface area contributed by atoms with Gasteiger partial charge in [0, 0.05) is 29.9 Å². The van der Waals surface area contributed by atoms with E-state index in [4.69, 9.17) is 22.1 Å². The number of ether oxygens (including phenoxy) is 1. The number of nitrogen functional groups attached to an aromatic ring is 1. The lowest BCUT2D eigenvalue weighted by molar-refractivity contribution is 0.414. The van der Waals surface area contributed by atoms with Crippen LogP contribution in [-0.2, 0) is 13.1 Å². The van der Waals surface area contributed by atoms with Crippen molar-refractivity contribution in [2.24, 2.45) is 0 Å². The quantitative estimate of drug-likeness (QED) is 0.855. The number of rotatable bonds is 2. The van der Waals surface area contributed by atoms with Gasteiger partial charge >= 0.3 is 0 Å². The van der Waals surface area contributed by atoms with Crippen molar-refractivity contribution in [2.45, 2.75) is 20.0 Å². The van der Waals surface area contributed by atoms with E-state index >= 15 is 0 Å². The van der Waals surface area contributed by atoms with Gasteiger partial charge in [-0.15, -0.1) is 0 Å². The number of halogens is 1. The first-order valence-corrected chi connectivity index (χ1v) is 6.92. The molecule has 2 aromatic carbocycles. The molecule has 0 bridgehead atoms. The summed E-state index contributed by atoms with van der Waals surface area (Å²) in [7, 11) is 1.67. The Morgan fingerprint density at radius 3 is 2.65 bits per heavy atom. The molecule has 0 aliphatic carbocycles. The van der Waals surface area contributed by atoms with E-state index < -0.39 is 0 Å². The monoisotopic (exact) mass is 288 g/mol. The Labute approximate surface area is 123 Å². The maximum Gasteiger partial charge on any atom is 0.143 e. The summed E-state index contributed by atoms with van der Waals surface area (Å²) >= 11 is 6.17. The average molecular weight is 289 g/mol. The van der Waals surface area contributed by atoms with Gasteiger partial charge in [-0.05, 0) is 41.8 Å². The molecule has 0 saturated heterocycles. The summed E-state index contributed by atoms with van der Waals surface area (Å²) < 4.78 is 5.47. The molecule has 0 radical (unpaired) electrons. The number of hydrogen-bond acceptors (Lipinski definition) is 3. The SMILES string of the molecule is COc1cc(Cl)c(C)cc1N1Cc2ccc(N)cc2C1. The molecule has 20 heavy (non-hydrogen) atoms. The van der Waals surface area contributed by atoms with Gasteiger partial charge in [0.25, 0.3) is 0 Å². The Hall–Kier alpha value is -1.87. The van der Waals surface area contributed by atoms with Gasteiger partial charge in [-0.3, -0.25) is 0 Å². The maximum absolute atomic E-state index is 6.17. The van der Waals surface area contributed by atoms with Gasteiger partial charge in [0.1, 0.15) is 5.75 Å². The van der Waals surface area contributed by atoms with Crippen molar-refractivity contribution in [1.82, 2.24) is 0 Å². The fourth-order valence-corrected chi connectivity index (χ4v) is 2.80. The van der Waals surface area contributed by atoms with E-state index in [0.717, 1.165) is 40.8 Å². The number of hydrogen-bond donors (Lipinski definition) is 1. The molecule has 0 saturated carbocycles. The summed E-state index contributed by atoms with van der Waals surface area (Å²) in [6.45, 7) is 3.72. The predicted molar refractivity (Wildman–Crippen MR) is 83.5 cm³/mol. The Bertz CT molecular complexity index is 670. The third kappa shape index (κ3) is 2.18. The summed E-state index contributed by atoms with van der Waals surface area (Å²) in [5, 5.41) is 0.728. The summed E-state index contributed by atoms with van der Waals surface area (Å²) in [4.78, 5) is 2.28. The molecular formula is C16H17ClN2O. The molecule has 1 aliphatic rings. The zero-order chi connectivity index (χ0) is 14.3. The second-order valence-corrected chi connectivity index (χ2v) is 5.56. The largest absolute Gasteiger partial charge is 0.495 e. The van der Waals surface area contributed by atoms with Crippen LogP contribution in [0.4, 0.5) is 11.4 Å². The van der Waals surface area contributed by atoms with E-state index in [1.165, 1.54) is 11.1 Å². The molecule has 0 aromatic heterocycles. The van der Waals surface area contributed by atoms with Gasteiger partial charge in [-0.1, -0.05) is 17.7 Å². The molecule has 3 nitrogen and oxygen atoms in total. The highest BCUT2D eigenvalue weighted by atomic mass is 35.5. The van der Waals surface area contributed by atoms with E-state index in [1.54, 1.807) is 7.11 Å². The second kappa shape index (κ2) is 4.91. The van der Waals surface area contributed by atoms with Crippen LogP contribution in [0.1, 0.15) is 16.7 Å². The number of anilines is 2. The zero-order valence-corrected chi connectivity index (χ0v) is 12.4. The van der Waals surface area contributed by atoms with Gasteiger partial charge < -0.3 is 15.4 Å². The highest BCUT2D eigenvalue weighted by molar-refractivity contribution is 6.31. The molecule has 104 valence electrons.